The first-order chi connectivity index (χ1) is 11.2. The molecule has 1 heterocycles. The Labute approximate surface area is 140 Å². The van der Waals surface area contributed by atoms with Gasteiger partial charge in [0.15, 0.2) is 5.16 Å². The largest absolute Gasteiger partial charge is 0.497 e. The van der Waals surface area contributed by atoms with E-state index in [-0.39, 0.29) is 5.91 Å². The molecule has 0 fully saturated rings. The molecule has 0 aliphatic carbocycles. The zero-order valence-corrected chi connectivity index (χ0v) is 14.1. The first-order valence-electron chi connectivity index (χ1n) is 7.39. The van der Waals surface area contributed by atoms with Crippen molar-refractivity contribution in [2.45, 2.75) is 12.1 Å². The maximum Gasteiger partial charge on any atom is 0.230 e. The number of thioether (sulfide) groups is 1. The number of amides is 1. The first-order valence-corrected chi connectivity index (χ1v) is 8.38. The highest BCUT2D eigenvalue weighted by Crippen LogP contribution is 2.22. The third-order valence-corrected chi connectivity index (χ3v) is 4.01. The summed E-state index contributed by atoms with van der Waals surface area (Å²) in [6, 6.07) is 7.70. The van der Waals surface area contributed by atoms with Gasteiger partial charge in [0.2, 0.25) is 5.91 Å². The Hall–Kier alpha value is -1.99. The predicted octanol–water partition coefficient (Wildman–Crippen LogP) is 2.13. The van der Waals surface area contributed by atoms with E-state index in [0.717, 1.165) is 16.6 Å². The molecule has 1 N–H and O–H groups in total. The fraction of sp³-hybridized carbons (Fsp3) is 0.375. The number of carbonyl (C=O) groups excluding carboxylic acids is 1. The Morgan fingerprint density at radius 1 is 1.43 bits per heavy atom. The Bertz CT molecular complexity index is 631. The molecule has 0 aliphatic rings. The lowest BCUT2D eigenvalue weighted by molar-refractivity contribution is -0.118. The molecule has 6 nitrogen and oxygen atoms in total. The van der Waals surface area contributed by atoms with Crippen molar-refractivity contribution >= 4 is 17.7 Å². The molecule has 0 spiro atoms. The number of benzene rings is 1. The van der Waals surface area contributed by atoms with Gasteiger partial charge in [-0.15, -0.1) is 0 Å². The van der Waals surface area contributed by atoms with Crippen LogP contribution in [0.25, 0.3) is 5.69 Å². The molecule has 2 aromatic rings. The molecule has 1 aromatic carbocycles. The van der Waals surface area contributed by atoms with Crippen LogP contribution in [0.1, 0.15) is 6.92 Å². The summed E-state index contributed by atoms with van der Waals surface area (Å²) in [5.41, 5.74) is 0.945. The van der Waals surface area contributed by atoms with E-state index in [1.165, 1.54) is 11.8 Å². The lowest BCUT2D eigenvalue weighted by Crippen LogP contribution is -2.28. The Balaban J connectivity index is 1.92. The molecule has 2 rings (SSSR count). The van der Waals surface area contributed by atoms with Crippen molar-refractivity contribution in [2.24, 2.45) is 0 Å². The van der Waals surface area contributed by atoms with Crippen LogP contribution >= 0.6 is 11.8 Å². The second-order valence-electron chi connectivity index (χ2n) is 4.62. The maximum atomic E-state index is 11.8. The molecule has 0 bridgehead atoms. The predicted molar refractivity (Wildman–Crippen MR) is 90.3 cm³/mol. The third kappa shape index (κ3) is 5.30. The van der Waals surface area contributed by atoms with Crippen molar-refractivity contribution in [1.82, 2.24) is 14.9 Å². The molecule has 1 aromatic heterocycles. The van der Waals surface area contributed by atoms with Gasteiger partial charge in [-0.1, -0.05) is 17.8 Å². The number of imidazole rings is 1. The maximum absolute atomic E-state index is 11.8. The standard InChI is InChI=1S/C16H21N3O3S/c1-3-22-10-8-17-15(20)12-23-16-18-7-9-19(16)13-5-4-6-14(11-13)21-2/h4-7,9,11H,3,8,10,12H2,1-2H3,(H,17,20). The molecule has 1 amide bonds. The number of aromatic nitrogens is 2. The van der Waals surface area contributed by atoms with Gasteiger partial charge in [0.05, 0.1) is 25.2 Å². The topological polar surface area (TPSA) is 65.4 Å². The molecular formula is C16H21N3O3S. The van der Waals surface area contributed by atoms with Gasteiger partial charge >= 0.3 is 0 Å². The van der Waals surface area contributed by atoms with Gasteiger partial charge in [-0.3, -0.25) is 9.36 Å². The molecule has 0 saturated heterocycles. The fourth-order valence-corrected chi connectivity index (χ4v) is 2.74. The van der Waals surface area contributed by atoms with E-state index in [2.05, 4.69) is 10.3 Å². The van der Waals surface area contributed by atoms with Crippen LogP contribution in [0.2, 0.25) is 0 Å². The number of methoxy groups -OCH3 is 1. The quantitative estimate of drug-likeness (QED) is 0.562. The monoisotopic (exact) mass is 335 g/mol. The average Bonchev–Trinajstić information content (AvgIpc) is 3.05. The van der Waals surface area contributed by atoms with E-state index in [9.17, 15) is 4.79 Å². The van der Waals surface area contributed by atoms with Crippen molar-refractivity contribution < 1.29 is 14.3 Å². The first kappa shape index (κ1) is 17.4. The van der Waals surface area contributed by atoms with Crippen molar-refractivity contribution in [1.29, 1.82) is 0 Å². The van der Waals surface area contributed by atoms with Crippen molar-refractivity contribution in [3.63, 3.8) is 0 Å². The van der Waals surface area contributed by atoms with Gasteiger partial charge < -0.3 is 14.8 Å². The van der Waals surface area contributed by atoms with Crippen LogP contribution in [0.15, 0.2) is 41.8 Å². The fourth-order valence-electron chi connectivity index (χ4n) is 1.94. The average molecular weight is 335 g/mol. The van der Waals surface area contributed by atoms with Crippen LogP contribution in [0.5, 0.6) is 5.75 Å². The highest BCUT2D eigenvalue weighted by molar-refractivity contribution is 7.99. The molecule has 0 atom stereocenters. The Morgan fingerprint density at radius 3 is 3.09 bits per heavy atom. The van der Waals surface area contributed by atoms with Crippen LogP contribution in [-0.4, -0.2) is 48.1 Å². The van der Waals surface area contributed by atoms with Gasteiger partial charge in [0, 0.05) is 31.6 Å². The van der Waals surface area contributed by atoms with Gasteiger partial charge in [-0.05, 0) is 19.1 Å². The zero-order chi connectivity index (χ0) is 16.5. The van der Waals surface area contributed by atoms with E-state index in [4.69, 9.17) is 9.47 Å². The molecule has 0 unspecified atom stereocenters. The minimum Gasteiger partial charge on any atom is -0.497 e. The highest BCUT2D eigenvalue weighted by Gasteiger charge is 2.09. The van der Waals surface area contributed by atoms with Crippen LogP contribution in [0, 0.1) is 0 Å². The summed E-state index contributed by atoms with van der Waals surface area (Å²) in [6.45, 7) is 3.64. The molecular weight excluding hydrogens is 314 g/mol. The second-order valence-corrected chi connectivity index (χ2v) is 5.56. The summed E-state index contributed by atoms with van der Waals surface area (Å²) in [6.07, 6.45) is 3.58. The molecule has 23 heavy (non-hydrogen) atoms. The number of hydrogen-bond acceptors (Lipinski definition) is 5. The minimum atomic E-state index is -0.0325. The van der Waals surface area contributed by atoms with Gasteiger partial charge in [0.25, 0.3) is 0 Å². The smallest absolute Gasteiger partial charge is 0.230 e. The lowest BCUT2D eigenvalue weighted by atomic mass is 10.3. The Morgan fingerprint density at radius 2 is 2.30 bits per heavy atom. The summed E-state index contributed by atoms with van der Waals surface area (Å²) < 4.78 is 12.4. The number of hydrogen-bond donors (Lipinski definition) is 1. The van der Waals surface area contributed by atoms with Crippen molar-refractivity contribution in [3.05, 3.63) is 36.7 Å². The van der Waals surface area contributed by atoms with Crippen LogP contribution in [0.3, 0.4) is 0 Å². The lowest BCUT2D eigenvalue weighted by Gasteiger charge is -2.09. The number of ether oxygens (including phenoxy) is 2. The highest BCUT2D eigenvalue weighted by atomic mass is 32.2. The summed E-state index contributed by atoms with van der Waals surface area (Å²) in [7, 11) is 1.63. The van der Waals surface area contributed by atoms with E-state index in [0.29, 0.717) is 25.5 Å². The minimum absolute atomic E-state index is 0.0325. The zero-order valence-electron chi connectivity index (χ0n) is 13.3. The van der Waals surface area contributed by atoms with Gasteiger partial charge in [-0.25, -0.2) is 4.98 Å². The molecule has 0 saturated carbocycles. The van der Waals surface area contributed by atoms with Crippen LogP contribution in [-0.2, 0) is 9.53 Å². The van der Waals surface area contributed by atoms with Gasteiger partial charge in [-0.2, -0.15) is 0 Å². The molecule has 0 aliphatic heterocycles. The number of nitrogens with zero attached hydrogens (tertiary/aromatic N) is 2. The molecule has 7 heteroatoms. The van der Waals surface area contributed by atoms with Crippen molar-refractivity contribution in [3.8, 4) is 11.4 Å². The number of nitrogens with one attached hydrogen (secondary N) is 1. The third-order valence-electron chi connectivity index (χ3n) is 3.04. The normalized spacial score (nSPS) is 10.5. The summed E-state index contributed by atoms with van der Waals surface area (Å²) in [5, 5.41) is 3.58. The molecule has 124 valence electrons. The van der Waals surface area contributed by atoms with E-state index in [1.54, 1.807) is 13.3 Å². The summed E-state index contributed by atoms with van der Waals surface area (Å²) in [5.74, 6) is 1.06. The van der Waals surface area contributed by atoms with Crippen LogP contribution < -0.4 is 10.1 Å². The van der Waals surface area contributed by atoms with Crippen LogP contribution in [0.4, 0.5) is 0 Å². The number of rotatable bonds is 9. The van der Waals surface area contributed by atoms with Crippen molar-refractivity contribution in [2.75, 3.05) is 32.6 Å². The Kier molecular flexibility index (Phi) is 6.96. The molecule has 0 radical (unpaired) electrons. The SMILES string of the molecule is CCOCCNC(=O)CSc1nccn1-c1cccc(OC)c1. The van der Waals surface area contributed by atoms with E-state index in [1.807, 2.05) is 42.0 Å². The second kappa shape index (κ2) is 9.22. The van der Waals surface area contributed by atoms with E-state index < -0.39 is 0 Å². The summed E-state index contributed by atoms with van der Waals surface area (Å²) >= 11 is 1.39. The summed E-state index contributed by atoms with van der Waals surface area (Å²) in [4.78, 5) is 16.1. The van der Waals surface area contributed by atoms with E-state index >= 15 is 0 Å². The number of carbonyl (C=O) groups is 1. The van der Waals surface area contributed by atoms with Gasteiger partial charge in [0.1, 0.15) is 5.75 Å².